The molecule has 21 heavy (non-hydrogen) atoms. The molecular formula is C17H21N3S. The lowest BCUT2D eigenvalue weighted by molar-refractivity contribution is 0.632. The van der Waals surface area contributed by atoms with Crippen LogP contribution in [0.5, 0.6) is 0 Å². The predicted molar refractivity (Wildman–Crippen MR) is 89.9 cm³/mol. The molecule has 3 aromatic rings. The Morgan fingerprint density at radius 1 is 1.10 bits per heavy atom. The van der Waals surface area contributed by atoms with Gasteiger partial charge in [-0.05, 0) is 49.5 Å². The Hall–Kier alpha value is -1.65. The molecule has 110 valence electrons. The maximum Gasteiger partial charge on any atom is 0.109 e. The molecule has 0 saturated carbocycles. The topological polar surface area (TPSA) is 29.9 Å². The third-order valence-electron chi connectivity index (χ3n) is 3.76. The van der Waals surface area contributed by atoms with Gasteiger partial charge >= 0.3 is 0 Å². The van der Waals surface area contributed by atoms with E-state index in [0.717, 1.165) is 37.9 Å². The first-order valence-electron chi connectivity index (χ1n) is 7.48. The summed E-state index contributed by atoms with van der Waals surface area (Å²) in [5.74, 6) is 1.18. The lowest BCUT2D eigenvalue weighted by atomic mass is 10.3. The van der Waals surface area contributed by atoms with E-state index in [4.69, 9.17) is 4.98 Å². The van der Waals surface area contributed by atoms with Crippen LogP contribution in [-0.2, 0) is 19.9 Å². The summed E-state index contributed by atoms with van der Waals surface area (Å²) in [5, 5.41) is 5.66. The molecule has 1 N–H and O–H groups in total. The number of aromatic nitrogens is 2. The second-order valence-electron chi connectivity index (χ2n) is 5.26. The summed E-state index contributed by atoms with van der Waals surface area (Å²) in [5.41, 5.74) is 2.32. The Bertz CT molecular complexity index is 685. The number of rotatable bonds is 7. The van der Waals surface area contributed by atoms with Gasteiger partial charge < -0.3 is 9.88 Å². The van der Waals surface area contributed by atoms with Crippen molar-refractivity contribution < 1.29 is 0 Å². The van der Waals surface area contributed by atoms with E-state index in [1.165, 1.54) is 16.2 Å². The first kappa shape index (κ1) is 14.3. The van der Waals surface area contributed by atoms with Crippen molar-refractivity contribution in [2.24, 2.45) is 7.05 Å². The highest BCUT2D eigenvalue weighted by Crippen LogP contribution is 2.15. The maximum atomic E-state index is 4.71. The predicted octanol–water partition coefficient (Wildman–Crippen LogP) is 3.40. The molecule has 3 rings (SSSR count). The summed E-state index contributed by atoms with van der Waals surface area (Å²) in [4.78, 5) is 6.16. The minimum atomic E-state index is 1.02. The van der Waals surface area contributed by atoms with Gasteiger partial charge in [-0.25, -0.2) is 4.98 Å². The Kier molecular flexibility index (Phi) is 4.68. The van der Waals surface area contributed by atoms with Gasteiger partial charge in [0.1, 0.15) is 5.82 Å². The van der Waals surface area contributed by atoms with Crippen molar-refractivity contribution in [3.8, 4) is 0 Å². The van der Waals surface area contributed by atoms with Crippen LogP contribution < -0.4 is 5.32 Å². The van der Waals surface area contributed by atoms with Crippen LogP contribution in [0, 0.1) is 0 Å². The quantitative estimate of drug-likeness (QED) is 0.678. The van der Waals surface area contributed by atoms with E-state index in [9.17, 15) is 0 Å². The highest BCUT2D eigenvalue weighted by Gasteiger charge is 2.06. The molecule has 0 bridgehead atoms. The van der Waals surface area contributed by atoms with E-state index < -0.39 is 0 Å². The number of nitrogens with zero attached hydrogens (tertiary/aromatic N) is 2. The fraction of sp³-hybridized carbons (Fsp3) is 0.353. The van der Waals surface area contributed by atoms with Crippen LogP contribution in [0.25, 0.3) is 11.0 Å². The molecule has 0 aliphatic carbocycles. The van der Waals surface area contributed by atoms with Crippen LogP contribution in [0.15, 0.2) is 41.8 Å². The van der Waals surface area contributed by atoms with E-state index in [0.29, 0.717) is 0 Å². The van der Waals surface area contributed by atoms with Crippen molar-refractivity contribution >= 4 is 22.4 Å². The fourth-order valence-electron chi connectivity index (χ4n) is 2.58. The first-order chi connectivity index (χ1) is 10.3. The molecule has 2 aromatic heterocycles. The Balaban J connectivity index is 1.43. The molecule has 0 aliphatic rings. The highest BCUT2D eigenvalue weighted by molar-refractivity contribution is 7.09. The zero-order chi connectivity index (χ0) is 14.5. The Labute approximate surface area is 129 Å². The molecule has 0 fully saturated rings. The number of imidazole rings is 1. The molecule has 0 aliphatic heterocycles. The van der Waals surface area contributed by atoms with Crippen LogP contribution in [0.3, 0.4) is 0 Å². The maximum absolute atomic E-state index is 4.71. The smallest absolute Gasteiger partial charge is 0.109 e. The molecular weight excluding hydrogens is 278 g/mol. The zero-order valence-electron chi connectivity index (χ0n) is 12.4. The standard InChI is InChI=1S/C17H21N3S/c1-20-16-8-3-2-7-15(16)19-17(20)9-4-11-18-12-10-14-6-5-13-21-14/h2-3,5-8,13,18H,4,9-12H2,1H3. The lowest BCUT2D eigenvalue weighted by Crippen LogP contribution is -2.19. The van der Waals surface area contributed by atoms with Gasteiger partial charge in [0, 0.05) is 18.3 Å². The molecule has 2 heterocycles. The molecule has 4 heteroatoms. The van der Waals surface area contributed by atoms with Gasteiger partial charge in [0.15, 0.2) is 0 Å². The van der Waals surface area contributed by atoms with Crippen molar-refractivity contribution in [3.63, 3.8) is 0 Å². The summed E-state index contributed by atoms with van der Waals surface area (Å²) in [6, 6.07) is 12.6. The van der Waals surface area contributed by atoms with Crippen LogP contribution in [0.1, 0.15) is 17.1 Å². The number of nitrogens with one attached hydrogen (secondary N) is 1. The summed E-state index contributed by atoms with van der Waals surface area (Å²) in [7, 11) is 2.11. The molecule has 0 saturated heterocycles. The molecule has 3 nitrogen and oxygen atoms in total. The molecule has 1 aromatic carbocycles. The van der Waals surface area contributed by atoms with Gasteiger partial charge in [-0.2, -0.15) is 0 Å². The SMILES string of the molecule is Cn1c(CCCNCCc2cccs2)nc2ccccc21. The third-order valence-corrected chi connectivity index (χ3v) is 4.70. The van der Waals surface area contributed by atoms with Gasteiger partial charge in [-0.15, -0.1) is 11.3 Å². The van der Waals surface area contributed by atoms with Gasteiger partial charge in [0.2, 0.25) is 0 Å². The van der Waals surface area contributed by atoms with Crippen LogP contribution in [0.2, 0.25) is 0 Å². The normalized spacial score (nSPS) is 11.3. The summed E-state index contributed by atoms with van der Waals surface area (Å²) >= 11 is 1.83. The summed E-state index contributed by atoms with van der Waals surface area (Å²) in [6.45, 7) is 2.11. The molecule has 0 amide bonds. The van der Waals surface area contributed by atoms with Crippen molar-refractivity contribution in [2.45, 2.75) is 19.3 Å². The molecule has 0 radical (unpaired) electrons. The van der Waals surface area contributed by atoms with E-state index in [-0.39, 0.29) is 0 Å². The van der Waals surface area contributed by atoms with Crippen LogP contribution in [0.4, 0.5) is 0 Å². The summed E-state index contributed by atoms with van der Waals surface area (Å²) < 4.78 is 2.21. The van der Waals surface area contributed by atoms with E-state index in [2.05, 4.69) is 52.6 Å². The molecule has 0 spiro atoms. The second-order valence-corrected chi connectivity index (χ2v) is 6.29. The average molecular weight is 299 g/mol. The number of hydrogen-bond donors (Lipinski definition) is 1. The average Bonchev–Trinajstić information content (AvgIpc) is 3.12. The van der Waals surface area contributed by atoms with Crippen molar-refractivity contribution in [2.75, 3.05) is 13.1 Å². The summed E-state index contributed by atoms with van der Waals surface area (Å²) in [6.07, 6.45) is 3.28. The number of hydrogen-bond acceptors (Lipinski definition) is 3. The van der Waals surface area contributed by atoms with E-state index in [1.54, 1.807) is 0 Å². The fourth-order valence-corrected chi connectivity index (χ4v) is 3.29. The number of para-hydroxylation sites is 2. The van der Waals surface area contributed by atoms with Gasteiger partial charge in [0.25, 0.3) is 0 Å². The van der Waals surface area contributed by atoms with Gasteiger partial charge in [-0.1, -0.05) is 18.2 Å². The molecule has 0 atom stereocenters. The lowest BCUT2D eigenvalue weighted by Gasteiger charge is -2.04. The van der Waals surface area contributed by atoms with Crippen molar-refractivity contribution in [1.82, 2.24) is 14.9 Å². The second kappa shape index (κ2) is 6.87. The van der Waals surface area contributed by atoms with Crippen LogP contribution in [-0.4, -0.2) is 22.6 Å². The Morgan fingerprint density at radius 2 is 2.00 bits per heavy atom. The number of aryl methyl sites for hydroxylation is 2. The highest BCUT2D eigenvalue weighted by atomic mass is 32.1. The van der Waals surface area contributed by atoms with Gasteiger partial charge in [-0.3, -0.25) is 0 Å². The number of benzene rings is 1. The van der Waals surface area contributed by atoms with E-state index >= 15 is 0 Å². The Morgan fingerprint density at radius 3 is 2.81 bits per heavy atom. The minimum absolute atomic E-state index is 1.02. The third kappa shape index (κ3) is 3.52. The number of fused-ring (bicyclic) bond motifs is 1. The van der Waals surface area contributed by atoms with Gasteiger partial charge in [0.05, 0.1) is 11.0 Å². The zero-order valence-corrected chi connectivity index (χ0v) is 13.2. The van der Waals surface area contributed by atoms with Crippen molar-refractivity contribution in [3.05, 3.63) is 52.5 Å². The minimum Gasteiger partial charge on any atom is -0.331 e. The monoisotopic (exact) mass is 299 g/mol. The first-order valence-corrected chi connectivity index (χ1v) is 8.36. The number of thiophene rings is 1. The van der Waals surface area contributed by atoms with Crippen LogP contribution >= 0.6 is 11.3 Å². The van der Waals surface area contributed by atoms with E-state index in [1.807, 2.05) is 17.4 Å². The molecule has 0 unspecified atom stereocenters. The largest absolute Gasteiger partial charge is 0.331 e. The van der Waals surface area contributed by atoms with Crippen molar-refractivity contribution in [1.29, 1.82) is 0 Å².